The Morgan fingerprint density at radius 2 is 1.88 bits per heavy atom. The first-order valence-corrected chi connectivity index (χ1v) is 10.4. The Kier molecular flexibility index (Phi) is 5.08. The number of carbonyl (C=O) groups is 2. The van der Waals surface area contributed by atoms with Gasteiger partial charge in [-0.3, -0.25) is 14.6 Å². The molecular weight excluding hydrogens is 406 g/mol. The van der Waals surface area contributed by atoms with Gasteiger partial charge in [0.05, 0.1) is 12.2 Å². The number of nitrogens with two attached hydrogens (primary N) is 1. The lowest BCUT2D eigenvalue weighted by Gasteiger charge is -2.03. The van der Waals surface area contributed by atoms with Crippen molar-refractivity contribution >= 4 is 45.1 Å². The average molecular weight is 429 g/mol. The van der Waals surface area contributed by atoms with Gasteiger partial charge >= 0.3 is 0 Å². The maximum atomic E-state index is 12.8. The number of carbonyl (C=O) groups excluding carboxylic acids is 2. The summed E-state index contributed by atoms with van der Waals surface area (Å²) in [7, 11) is 0. The molecule has 0 fully saturated rings. The molecule has 0 unspecified atom stereocenters. The van der Waals surface area contributed by atoms with Crippen LogP contribution in [0.15, 0.2) is 53.5 Å². The van der Waals surface area contributed by atoms with E-state index < -0.39 is 0 Å². The van der Waals surface area contributed by atoms with Gasteiger partial charge in [-0.15, -0.1) is 0 Å². The molecule has 0 atom stereocenters. The van der Waals surface area contributed by atoms with Crippen molar-refractivity contribution in [1.82, 2.24) is 20.6 Å². The normalized spacial score (nSPS) is 13.2. The summed E-state index contributed by atoms with van der Waals surface area (Å²) in [4.78, 5) is 35.9. The van der Waals surface area contributed by atoms with Crippen molar-refractivity contribution in [2.75, 3.05) is 31.5 Å². The molecule has 1 aliphatic rings. The van der Waals surface area contributed by atoms with Crippen molar-refractivity contribution in [3.05, 3.63) is 65.5 Å². The van der Waals surface area contributed by atoms with Gasteiger partial charge in [-0.25, -0.2) is 0 Å². The molecule has 1 aliphatic heterocycles. The molecular formula is C23H23N7O2. The quantitative estimate of drug-likeness (QED) is 0.279. The Bertz CT molecular complexity index is 1370. The number of nitrogens with one attached hydrogen (secondary N) is 5. The van der Waals surface area contributed by atoms with Gasteiger partial charge in [-0.05, 0) is 42.5 Å². The van der Waals surface area contributed by atoms with E-state index in [4.69, 9.17) is 5.73 Å². The average Bonchev–Trinajstić information content (AvgIpc) is 3.55. The molecule has 2 aromatic heterocycles. The van der Waals surface area contributed by atoms with Gasteiger partial charge in [0.2, 0.25) is 0 Å². The van der Waals surface area contributed by atoms with Crippen LogP contribution in [0, 0.1) is 0 Å². The minimum absolute atomic E-state index is 0.193. The number of H-pyrrole nitrogens is 2. The van der Waals surface area contributed by atoms with Gasteiger partial charge in [0, 0.05) is 52.7 Å². The number of rotatable bonds is 6. The monoisotopic (exact) mass is 429 g/mol. The standard InChI is InChI=1S/C23H23N7O2/c24-5-6-27-22(31)14-2-4-17-15(9-14)11-20(29-17)23(32)28-16-3-1-13-10-19(30-18(13)12-16)21-25-7-8-26-21/h1-4,9-12,29-30H,5-8,24H2,(H,25,26)(H,27,31)(H,28,32). The molecule has 32 heavy (non-hydrogen) atoms. The smallest absolute Gasteiger partial charge is 0.272 e. The Hall–Kier alpha value is -4.11. The van der Waals surface area contributed by atoms with E-state index in [1.54, 1.807) is 24.3 Å². The van der Waals surface area contributed by atoms with E-state index in [9.17, 15) is 9.59 Å². The van der Waals surface area contributed by atoms with Gasteiger partial charge in [0.15, 0.2) is 0 Å². The van der Waals surface area contributed by atoms with Crippen molar-refractivity contribution in [3.63, 3.8) is 0 Å². The molecule has 9 heteroatoms. The maximum Gasteiger partial charge on any atom is 0.272 e. The zero-order chi connectivity index (χ0) is 22.1. The van der Waals surface area contributed by atoms with E-state index in [1.807, 2.05) is 24.3 Å². The third-order valence-corrected chi connectivity index (χ3v) is 5.37. The lowest BCUT2D eigenvalue weighted by molar-refractivity contribution is 0.0954. The van der Waals surface area contributed by atoms with Crippen molar-refractivity contribution in [2.45, 2.75) is 0 Å². The van der Waals surface area contributed by atoms with Crippen LogP contribution in [-0.2, 0) is 0 Å². The molecule has 0 saturated heterocycles. The van der Waals surface area contributed by atoms with Crippen molar-refractivity contribution in [1.29, 1.82) is 0 Å². The molecule has 0 bridgehead atoms. The molecule has 0 aliphatic carbocycles. The second-order valence-corrected chi connectivity index (χ2v) is 7.63. The number of hydrogen-bond donors (Lipinski definition) is 6. The van der Waals surface area contributed by atoms with E-state index >= 15 is 0 Å². The van der Waals surface area contributed by atoms with Gasteiger partial charge in [-0.2, -0.15) is 0 Å². The number of amides is 2. The maximum absolute atomic E-state index is 12.8. The Morgan fingerprint density at radius 1 is 0.969 bits per heavy atom. The van der Waals surface area contributed by atoms with E-state index in [0.717, 1.165) is 46.4 Å². The summed E-state index contributed by atoms with van der Waals surface area (Å²) in [6, 6.07) is 14.7. The molecule has 3 heterocycles. The third-order valence-electron chi connectivity index (χ3n) is 5.37. The molecule has 0 radical (unpaired) electrons. The van der Waals surface area contributed by atoms with Crippen LogP contribution in [0.2, 0.25) is 0 Å². The number of aromatic nitrogens is 2. The second-order valence-electron chi connectivity index (χ2n) is 7.63. The minimum atomic E-state index is -0.261. The zero-order valence-electron chi connectivity index (χ0n) is 17.3. The Labute approximate surface area is 183 Å². The molecule has 2 amide bonds. The van der Waals surface area contributed by atoms with Gasteiger partial charge in [-0.1, -0.05) is 6.07 Å². The number of hydrogen-bond acceptors (Lipinski definition) is 5. The van der Waals surface area contributed by atoms with Gasteiger partial charge in [0.25, 0.3) is 11.8 Å². The molecule has 2 aromatic carbocycles. The SMILES string of the molecule is NCCNC(=O)c1ccc2[nH]c(C(=O)Nc3ccc4cc(C5=NCCN5)[nH]c4c3)cc2c1. The van der Waals surface area contributed by atoms with Gasteiger partial charge < -0.3 is 31.7 Å². The third kappa shape index (κ3) is 3.81. The summed E-state index contributed by atoms with van der Waals surface area (Å²) >= 11 is 0. The van der Waals surface area contributed by atoms with E-state index in [2.05, 4.69) is 30.9 Å². The minimum Gasteiger partial charge on any atom is -0.367 e. The van der Waals surface area contributed by atoms with Crippen LogP contribution in [0.25, 0.3) is 21.8 Å². The van der Waals surface area contributed by atoms with Crippen LogP contribution in [0.1, 0.15) is 26.5 Å². The highest BCUT2D eigenvalue weighted by atomic mass is 16.2. The highest BCUT2D eigenvalue weighted by Gasteiger charge is 2.14. The van der Waals surface area contributed by atoms with E-state index in [1.165, 1.54) is 0 Å². The number of amidine groups is 1. The number of nitrogens with zero attached hydrogens (tertiary/aromatic N) is 1. The topological polar surface area (TPSA) is 140 Å². The predicted octanol–water partition coefficient (Wildman–Crippen LogP) is 1.94. The number of anilines is 1. The molecule has 4 aromatic rings. The van der Waals surface area contributed by atoms with Crippen molar-refractivity contribution in [2.24, 2.45) is 10.7 Å². The largest absolute Gasteiger partial charge is 0.367 e. The summed E-state index contributed by atoms with van der Waals surface area (Å²) in [5.41, 5.74) is 9.67. The first-order chi connectivity index (χ1) is 15.6. The van der Waals surface area contributed by atoms with Crippen LogP contribution in [0.4, 0.5) is 5.69 Å². The number of fused-ring (bicyclic) bond motifs is 2. The molecule has 9 nitrogen and oxygen atoms in total. The molecule has 5 rings (SSSR count). The van der Waals surface area contributed by atoms with Crippen LogP contribution in [0.5, 0.6) is 0 Å². The Balaban J connectivity index is 1.34. The van der Waals surface area contributed by atoms with Crippen LogP contribution < -0.4 is 21.7 Å². The number of aliphatic imine (C=N–C) groups is 1. The molecule has 0 spiro atoms. The fraction of sp³-hybridized carbons (Fsp3) is 0.174. The van der Waals surface area contributed by atoms with Crippen molar-refractivity contribution in [3.8, 4) is 0 Å². The highest BCUT2D eigenvalue weighted by Crippen LogP contribution is 2.22. The van der Waals surface area contributed by atoms with Gasteiger partial charge in [0.1, 0.15) is 11.5 Å². The first kappa shape index (κ1) is 19.8. The second kappa shape index (κ2) is 8.20. The number of benzene rings is 2. The van der Waals surface area contributed by atoms with E-state index in [0.29, 0.717) is 30.0 Å². The summed E-state index contributed by atoms with van der Waals surface area (Å²) in [6.07, 6.45) is 0. The fourth-order valence-corrected chi connectivity index (χ4v) is 3.79. The summed E-state index contributed by atoms with van der Waals surface area (Å²) < 4.78 is 0. The number of aromatic amines is 2. The van der Waals surface area contributed by atoms with Crippen LogP contribution >= 0.6 is 0 Å². The summed E-state index contributed by atoms with van der Waals surface area (Å²) in [6.45, 7) is 2.41. The molecule has 7 N–H and O–H groups in total. The van der Waals surface area contributed by atoms with Crippen LogP contribution in [0.3, 0.4) is 0 Å². The molecule has 0 saturated carbocycles. The highest BCUT2D eigenvalue weighted by molar-refractivity contribution is 6.08. The van der Waals surface area contributed by atoms with E-state index in [-0.39, 0.29) is 11.8 Å². The predicted molar refractivity (Wildman–Crippen MR) is 125 cm³/mol. The Morgan fingerprint density at radius 3 is 2.69 bits per heavy atom. The fourth-order valence-electron chi connectivity index (χ4n) is 3.79. The summed E-state index contributed by atoms with van der Waals surface area (Å²) in [5.74, 6) is 0.408. The van der Waals surface area contributed by atoms with Crippen molar-refractivity contribution < 1.29 is 9.59 Å². The first-order valence-electron chi connectivity index (χ1n) is 10.4. The summed E-state index contributed by atoms with van der Waals surface area (Å²) in [5, 5.41) is 10.7. The molecule has 162 valence electrons. The zero-order valence-corrected chi connectivity index (χ0v) is 17.3. The lowest BCUT2D eigenvalue weighted by atomic mass is 10.1. The lowest BCUT2D eigenvalue weighted by Crippen LogP contribution is -2.28. The van der Waals surface area contributed by atoms with Crippen LogP contribution in [-0.4, -0.2) is 53.8 Å².